The molecular formula is C9H9FN2O. The Morgan fingerprint density at radius 3 is 3.08 bits per heavy atom. The second kappa shape index (κ2) is 3.05. The Morgan fingerprint density at radius 1 is 1.54 bits per heavy atom. The molecule has 0 aliphatic heterocycles. The largest absolute Gasteiger partial charge is 0.494 e. The molecule has 0 aliphatic rings. The van der Waals surface area contributed by atoms with Crippen molar-refractivity contribution in [2.24, 2.45) is 0 Å². The third-order valence-electron chi connectivity index (χ3n) is 1.87. The Hall–Kier alpha value is -1.58. The number of nitrogens with zero attached hydrogens (tertiary/aromatic N) is 1. The van der Waals surface area contributed by atoms with E-state index in [4.69, 9.17) is 4.74 Å². The molecule has 3 nitrogen and oxygen atoms in total. The number of para-hydroxylation sites is 1. The van der Waals surface area contributed by atoms with Gasteiger partial charge in [-0.3, -0.25) is 0 Å². The number of alkyl halides is 1. The molecule has 0 radical (unpaired) electrons. The number of nitrogens with one attached hydrogen (secondary N) is 1. The Morgan fingerprint density at radius 2 is 2.38 bits per heavy atom. The van der Waals surface area contributed by atoms with E-state index in [0.717, 1.165) is 5.52 Å². The van der Waals surface area contributed by atoms with Crippen molar-refractivity contribution in [1.82, 2.24) is 9.97 Å². The van der Waals surface area contributed by atoms with Gasteiger partial charge in [-0.1, -0.05) is 6.07 Å². The molecule has 0 spiro atoms. The van der Waals surface area contributed by atoms with Gasteiger partial charge in [0.15, 0.2) is 0 Å². The molecule has 13 heavy (non-hydrogen) atoms. The number of aromatic amines is 1. The fourth-order valence-electron chi connectivity index (χ4n) is 1.28. The van der Waals surface area contributed by atoms with Gasteiger partial charge in [0.25, 0.3) is 0 Å². The van der Waals surface area contributed by atoms with Crippen LogP contribution in [0, 0.1) is 0 Å². The molecule has 2 aromatic rings. The van der Waals surface area contributed by atoms with Crippen LogP contribution in [-0.2, 0) is 6.67 Å². The third kappa shape index (κ3) is 1.24. The Kier molecular flexibility index (Phi) is 1.88. The molecule has 2 rings (SSSR count). The number of rotatable bonds is 2. The summed E-state index contributed by atoms with van der Waals surface area (Å²) in [6.45, 7) is -0.585. The molecule has 0 aliphatic carbocycles. The second-order valence-electron chi connectivity index (χ2n) is 2.67. The maximum atomic E-state index is 12.3. The van der Waals surface area contributed by atoms with Crippen molar-refractivity contribution >= 4 is 11.0 Å². The van der Waals surface area contributed by atoms with Gasteiger partial charge < -0.3 is 9.72 Å². The average molecular weight is 180 g/mol. The number of halogens is 1. The monoisotopic (exact) mass is 180 g/mol. The molecule has 0 unspecified atom stereocenters. The van der Waals surface area contributed by atoms with Crippen molar-refractivity contribution in [1.29, 1.82) is 0 Å². The zero-order valence-corrected chi connectivity index (χ0v) is 7.17. The number of imidazole rings is 1. The molecule has 68 valence electrons. The summed E-state index contributed by atoms with van der Waals surface area (Å²) in [5, 5.41) is 0. The van der Waals surface area contributed by atoms with Crippen LogP contribution in [0.4, 0.5) is 4.39 Å². The van der Waals surface area contributed by atoms with Crippen molar-refractivity contribution in [2.45, 2.75) is 6.67 Å². The van der Waals surface area contributed by atoms with Gasteiger partial charge in [-0.2, -0.15) is 0 Å². The highest BCUT2D eigenvalue weighted by atomic mass is 19.1. The molecule has 1 aromatic carbocycles. The van der Waals surface area contributed by atoms with E-state index in [2.05, 4.69) is 9.97 Å². The lowest BCUT2D eigenvalue weighted by Crippen LogP contribution is -1.83. The first-order valence-electron chi connectivity index (χ1n) is 3.92. The van der Waals surface area contributed by atoms with Crippen molar-refractivity contribution in [3.63, 3.8) is 0 Å². The summed E-state index contributed by atoms with van der Waals surface area (Å²) in [5.74, 6) is 0.993. The molecule has 4 heteroatoms. The fraction of sp³-hybridized carbons (Fsp3) is 0.222. The summed E-state index contributed by atoms with van der Waals surface area (Å²) >= 11 is 0. The summed E-state index contributed by atoms with van der Waals surface area (Å²) in [5.41, 5.74) is 1.48. The van der Waals surface area contributed by atoms with Gasteiger partial charge in [-0.05, 0) is 12.1 Å². The van der Waals surface area contributed by atoms with Crippen LogP contribution in [0.25, 0.3) is 11.0 Å². The second-order valence-corrected chi connectivity index (χ2v) is 2.67. The summed E-state index contributed by atoms with van der Waals surface area (Å²) in [7, 11) is 1.57. The predicted molar refractivity (Wildman–Crippen MR) is 47.5 cm³/mol. The molecule has 0 saturated heterocycles. The van der Waals surface area contributed by atoms with Crippen LogP contribution >= 0.6 is 0 Å². The minimum absolute atomic E-state index is 0.333. The predicted octanol–water partition coefficient (Wildman–Crippen LogP) is 2.04. The molecule has 0 amide bonds. The highest BCUT2D eigenvalue weighted by Crippen LogP contribution is 2.22. The van der Waals surface area contributed by atoms with Crippen LogP contribution in [-0.4, -0.2) is 17.1 Å². The summed E-state index contributed by atoms with van der Waals surface area (Å²) < 4.78 is 17.3. The average Bonchev–Trinajstić information content (AvgIpc) is 2.59. The summed E-state index contributed by atoms with van der Waals surface area (Å²) in [6, 6.07) is 5.47. The number of methoxy groups -OCH3 is 1. The lowest BCUT2D eigenvalue weighted by atomic mass is 10.3. The van der Waals surface area contributed by atoms with Gasteiger partial charge >= 0.3 is 0 Å². The lowest BCUT2D eigenvalue weighted by molar-refractivity contribution is 0.418. The van der Waals surface area contributed by atoms with Gasteiger partial charge in [0, 0.05) is 0 Å². The number of hydrogen-bond donors (Lipinski definition) is 1. The normalized spacial score (nSPS) is 10.6. The molecule has 0 fully saturated rings. The molecule has 0 atom stereocenters. The Bertz CT molecular complexity index is 424. The highest BCUT2D eigenvalue weighted by Gasteiger charge is 2.06. The van der Waals surface area contributed by atoms with E-state index in [9.17, 15) is 4.39 Å². The van der Waals surface area contributed by atoms with Crippen molar-refractivity contribution in [3.8, 4) is 5.75 Å². The first kappa shape index (κ1) is 8.04. The number of hydrogen-bond acceptors (Lipinski definition) is 2. The van der Waals surface area contributed by atoms with Crippen molar-refractivity contribution in [2.75, 3.05) is 7.11 Å². The number of H-pyrrole nitrogens is 1. The molecule has 1 heterocycles. The summed E-state index contributed by atoms with van der Waals surface area (Å²) in [6.07, 6.45) is 0. The van der Waals surface area contributed by atoms with E-state index in [1.165, 1.54) is 0 Å². The van der Waals surface area contributed by atoms with Crippen molar-refractivity contribution in [3.05, 3.63) is 24.0 Å². The van der Waals surface area contributed by atoms with E-state index in [1.807, 2.05) is 12.1 Å². The van der Waals surface area contributed by atoms with E-state index in [-0.39, 0.29) is 0 Å². The zero-order valence-electron chi connectivity index (χ0n) is 7.17. The zero-order chi connectivity index (χ0) is 9.26. The third-order valence-corrected chi connectivity index (χ3v) is 1.87. The molecule has 0 bridgehead atoms. The van der Waals surface area contributed by atoms with Crippen LogP contribution in [0.15, 0.2) is 18.2 Å². The van der Waals surface area contributed by atoms with Crippen LogP contribution in [0.2, 0.25) is 0 Å². The SMILES string of the molecule is COc1cccc2[nH]c(CF)nc12. The molecule has 1 N–H and O–H groups in total. The lowest BCUT2D eigenvalue weighted by Gasteiger charge is -1.97. The Labute approximate surface area is 74.6 Å². The smallest absolute Gasteiger partial charge is 0.147 e. The maximum absolute atomic E-state index is 12.3. The van der Waals surface area contributed by atoms with Crippen molar-refractivity contribution < 1.29 is 9.13 Å². The molecule has 1 aromatic heterocycles. The van der Waals surface area contributed by atoms with E-state index < -0.39 is 6.67 Å². The first-order chi connectivity index (χ1) is 6.35. The first-order valence-corrected chi connectivity index (χ1v) is 3.92. The van der Waals surface area contributed by atoms with Crippen LogP contribution in [0.5, 0.6) is 5.75 Å². The molecule has 0 saturated carbocycles. The van der Waals surface area contributed by atoms with E-state index >= 15 is 0 Å². The van der Waals surface area contributed by atoms with Crippen LogP contribution < -0.4 is 4.74 Å². The van der Waals surface area contributed by atoms with Gasteiger partial charge in [-0.25, -0.2) is 9.37 Å². The van der Waals surface area contributed by atoms with Gasteiger partial charge in [0.05, 0.1) is 12.6 Å². The number of fused-ring (bicyclic) bond motifs is 1. The molecular weight excluding hydrogens is 171 g/mol. The van der Waals surface area contributed by atoms with E-state index in [0.29, 0.717) is 17.1 Å². The standard InChI is InChI=1S/C9H9FN2O/c1-13-7-4-2-3-6-9(7)12-8(5-10)11-6/h2-4H,5H2,1H3,(H,11,12). The maximum Gasteiger partial charge on any atom is 0.147 e. The topological polar surface area (TPSA) is 37.9 Å². The number of benzene rings is 1. The quantitative estimate of drug-likeness (QED) is 0.767. The van der Waals surface area contributed by atoms with Gasteiger partial charge in [0.1, 0.15) is 23.8 Å². The fourth-order valence-corrected chi connectivity index (χ4v) is 1.28. The van der Waals surface area contributed by atoms with Gasteiger partial charge in [0.2, 0.25) is 0 Å². The number of aromatic nitrogens is 2. The minimum Gasteiger partial charge on any atom is -0.494 e. The summed E-state index contributed by atoms with van der Waals surface area (Å²) in [4.78, 5) is 6.90. The van der Waals surface area contributed by atoms with E-state index in [1.54, 1.807) is 13.2 Å². The van der Waals surface area contributed by atoms with Crippen LogP contribution in [0.3, 0.4) is 0 Å². The number of ether oxygens (including phenoxy) is 1. The van der Waals surface area contributed by atoms with Crippen LogP contribution in [0.1, 0.15) is 5.82 Å². The van der Waals surface area contributed by atoms with Gasteiger partial charge in [-0.15, -0.1) is 0 Å². The highest BCUT2D eigenvalue weighted by molar-refractivity contribution is 5.81. The Balaban J connectivity index is 2.67. The minimum atomic E-state index is -0.585.